The number of carbonyl (C=O) groups is 1. The molecule has 10 nitrogen and oxygen atoms in total. The van der Waals surface area contributed by atoms with Crippen LogP contribution >= 0.6 is 0 Å². The van der Waals surface area contributed by atoms with Crippen LogP contribution in [-0.4, -0.2) is 35.6 Å². The molecule has 0 aliphatic carbocycles. The van der Waals surface area contributed by atoms with Gasteiger partial charge in [-0.1, -0.05) is 0 Å². The molecule has 11 heteroatoms. The molecule has 2 amide bonds. The van der Waals surface area contributed by atoms with Gasteiger partial charge in [0.15, 0.2) is 5.82 Å². The largest absolute Gasteiger partial charge is 0.457 e. The molecule has 4 rings (SSSR count). The number of ether oxygens (including phenoxy) is 1. The van der Waals surface area contributed by atoms with Gasteiger partial charge < -0.3 is 15.4 Å². The van der Waals surface area contributed by atoms with Crippen molar-refractivity contribution in [1.82, 2.24) is 29.5 Å². The number of rotatable bonds is 5. The molecule has 0 unspecified atom stereocenters. The van der Waals surface area contributed by atoms with Crippen molar-refractivity contribution in [1.29, 1.82) is 0 Å². The van der Waals surface area contributed by atoms with E-state index in [4.69, 9.17) is 4.74 Å². The summed E-state index contributed by atoms with van der Waals surface area (Å²) >= 11 is 0. The van der Waals surface area contributed by atoms with Gasteiger partial charge in [0.05, 0.1) is 23.1 Å². The minimum absolute atomic E-state index is 0.0335. The number of hydrogen-bond donors (Lipinski definition) is 2. The van der Waals surface area contributed by atoms with Gasteiger partial charge in [0, 0.05) is 24.5 Å². The lowest BCUT2D eigenvalue weighted by atomic mass is 10.1. The lowest BCUT2D eigenvalue weighted by Gasteiger charge is -2.18. The fraction of sp³-hybridized carbons (Fsp3) is 0.190. The zero-order valence-corrected chi connectivity index (χ0v) is 17.7. The Morgan fingerprint density at radius 1 is 1.09 bits per heavy atom. The van der Waals surface area contributed by atoms with Crippen LogP contribution in [0, 0.1) is 5.82 Å². The van der Waals surface area contributed by atoms with Crippen molar-refractivity contribution >= 4 is 17.4 Å². The minimum atomic E-state index is -0.605. The monoisotopic (exact) mass is 436 g/mol. The van der Waals surface area contributed by atoms with Gasteiger partial charge in [-0.3, -0.25) is 4.68 Å². The van der Waals surface area contributed by atoms with Crippen LogP contribution in [0.1, 0.15) is 20.8 Å². The molecule has 0 saturated heterocycles. The van der Waals surface area contributed by atoms with Crippen molar-refractivity contribution in [3.05, 3.63) is 67.4 Å². The molecule has 0 radical (unpaired) electrons. The molecule has 4 aromatic rings. The summed E-state index contributed by atoms with van der Waals surface area (Å²) in [7, 11) is 0. The number of nitrogens with zero attached hydrogens (tertiary/aromatic N) is 6. The van der Waals surface area contributed by atoms with E-state index < -0.39 is 11.8 Å². The smallest absolute Gasteiger partial charge is 0.323 e. The first kappa shape index (κ1) is 21.0. The van der Waals surface area contributed by atoms with E-state index in [0.717, 1.165) is 0 Å². The second-order valence-corrected chi connectivity index (χ2v) is 7.86. The fourth-order valence-corrected chi connectivity index (χ4v) is 2.75. The Morgan fingerprint density at radius 2 is 1.91 bits per heavy atom. The zero-order valence-electron chi connectivity index (χ0n) is 17.7. The van der Waals surface area contributed by atoms with Gasteiger partial charge >= 0.3 is 6.03 Å². The first-order chi connectivity index (χ1) is 15.3. The third kappa shape index (κ3) is 4.89. The average Bonchev–Trinajstić information content (AvgIpc) is 3.43. The van der Waals surface area contributed by atoms with Gasteiger partial charge in [0.2, 0.25) is 0 Å². The molecule has 0 bridgehead atoms. The molecular formula is C21H21FN8O2. The molecule has 0 fully saturated rings. The van der Waals surface area contributed by atoms with Crippen molar-refractivity contribution in [3.8, 4) is 17.3 Å². The topological polar surface area (TPSA) is 112 Å². The summed E-state index contributed by atoms with van der Waals surface area (Å²) in [6, 6.07) is 6.76. The van der Waals surface area contributed by atoms with E-state index in [9.17, 15) is 9.18 Å². The van der Waals surface area contributed by atoms with Crippen LogP contribution in [0.15, 0.2) is 61.6 Å². The van der Waals surface area contributed by atoms with E-state index in [-0.39, 0.29) is 11.2 Å². The standard InChI is InChI=1S/C21H21FN8O2/c1-21(2,3)30-11-14(10-25-30)27-20(31)28-18-8-15(4-5-17(18)22)32-16-6-7-24-19(9-16)29-13-23-12-26-29/h4-13H,1-3H3,(H2,27,28,31). The molecular weight excluding hydrogens is 415 g/mol. The van der Waals surface area contributed by atoms with Crippen molar-refractivity contribution in [2.45, 2.75) is 26.3 Å². The lowest BCUT2D eigenvalue weighted by molar-refractivity contribution is 0.262. The van der Waals surface area contributed by atoms with Crippen LogP contribution in [0.5, 0.6) is 11.5 Å². The summed E-state index contributed by atoms with van der Waals surface area (Å²) in [5, 5.41) is 13.4. The summed E-state index contributed by atoms with van der Waals surface area (Å²) in [5.74, 6) is 0.701. The summed E-state index contributed by atoms with van der Waals surface area (Å²) in [5.41, 5.74) is 0.228. The van der Waals surface area contributed by atoms with E-state index >= 15 is 0 Å². The van der Waals surface area contributed by atoms with Gasteiger partial charge in [0.1, 0.15) is 30.0 Å². The summed E-state index contributed by atoms with van der Waals surface area (Å²) in [6.45, 7) is 5.97. The second kappa shape index (κ2) is 8.46. The zero-order chi connectivity index (χ0) is 22.7. The maximum atomic E-state index is 14.3. The van der Waals surface area contributed by atoms with Crippen molar-refractivity contribution < 1.29 is 13.9 Å². The van der Waals surface area contributed by atoms with Gasteiger partial charge in [-0.25, -0.2) is 23.8 Å². The molecule has 0 spiro atoms. The molecule has 0 saturated carbocycles. The Bertz CT molecular complexity index is 1230. The van der Waals surface area contributed by atoms with Crippen molar-refractivity contribution in [3.63, 3.8) is 0 Å². The highest BCUT2D eigenvalue weighted by Gasteiger charge is 2.15. The number of benzene rings is 1. The number of nitrogens with one attached hydrogen (secondary N) is 2. The highest BCUT2D eigenvalue weighted by molar-refractivity contribution is 5.99. The molecule has 0 aliphatic rings. The molecule has 1 aromatic carbocycles. The van der Waals surface area contributed by atoms with Crippen LogP contribution in [0.2, 0.25) is 0 Å². The number of hydrogen-bond acceptors (Lipinski definition) is 6. The van der Waals surface area contributed by atoms with Crippen molar-refractivity contribution in [2.24, 2.45) is 0 Å². The van der Waals surface area contributed by atoms with Gasteiger partial charge in [-0.2, -0.15) is 10.2 Å². The molecule has 3 heterocycles. The average molecular weight is 436 g/mol. The van der Waals surface area contributed by atoms with Crippen LogP contribution in [-0.2, 0) is 5.54 Å². The molecule has 3 aromatic heterocycles. The maximum Gasteiger partial charge on any atom is 0.323 e. The van der Waals surface area contributed by atoms with E-state index in [1.54, 1.807) is 29.2 Å². The minimum Gasteiger partial charge on any atom is -0.457 e. The third-order valence-corrected chi connectivity index (χ3v) is 4.32. The molecule has 0 aliphatic heterocycles. The number of amides is 2. The number of anilines is 2. The number of carbonyl (C=O) groups excluding carboxylic acids is 1. The molecule has 0 atom stereocenters. The highest BCUT2D eigenvalue weighted by atomic mass is 19.1. The number of halogens is 1. The van der Waals surface area contributed by atoms with Crippen LogP contribution in [0.25, 0.3) is 5.82 Å². The molecule has 32 heavy (non-hydrogen) atoms. The Morgan fingerprint density at radius 3 is 2.62 bits per heavy atom. The number of pyridine rings is 1. The van der Waals surface area contributed by atoms with Gasteiger partial charge in [-0.05, 0) is 39.0 Å². The normalized spacial score (nSPS) is 11.2. The van der Waals surface area contributed by atoms with E-state index in [2.05, 4.69) is 30.8 Å². The quantitative estimate of drug-likeness (QED) is 0.485. The Balaban J connectivity index is 1.45. The van der Waals surface area contributed by atoms with Crippen LogP contribution in [0.3, 0.4) is 0 Å². The van der Waals surface area contributed by atoms with Crippen molar-refractivity contribution in [2.75, 3.05) is 10.6 Å². The number of urea groups is 1. The van der Waals surface area contributed by atoms with Crippen LogP contribution in [0.4, 0.5) is 20.6 Å². The SMILES string of the molecule is CC(C)(C)n1cc(NC(=O)Nc2cc(Oc3ccnc(-n4cncn4)c3)ccc2F)cn1. The Kier molecular flexibility index (Phi) is 5.54. The predicted molar refractivity (Wildman–Crippen MR) is 115 cm³/mol. The van der Waals surface area contributed by atoms with Gasteiger partial charge in [-0.15, -0.1) is 0 Å². The third-order valence-electron chi connectivity index (χ3n) is 4.32. The van der Waals surface area contributed by atoms with E-state index in [1.165, 1.54) is 41.7 Å². The maximum absolute atomic E-state index is 14.3. The highest BCUT2D eigenvalue weighted by Crippen LogP contribution is 2.27. The second-order valence-electron chi connectivity index (χ2n) is 7.86. The van der Waals surface area contributed by atoms with Gasteiger partial charge in [0.25, 0.3) is 0 Å². The Hall–Kier alpha value is -4.28. The van der Waals surface area contributed by atoms with E-state index in [1.807, 2.05) is 20.8 Å². The molecule has 164 valence electrons. The predicted octanol–water partition coefficient (Wildman–Crippen LogP) is 4.19. The molecule has 2 N–H and O–H groups in total. The Labute approximate surface area is 183 Å². The lowest BCUT2D eigenvalue weighted by Crippen LogP contribution is -2.22. The summed E-state index contributed by atoms with van der Waals surface area (Å²) in [4.78, 5) is 20.4. The number of aromatic nitrogens is 6. The first-order valence-electron chi connectivity index (χ1n) is 9.69. The summed E-state index contributed by atoms with van der Waals surface area (Å²) in [6.07, 6.45) is 7.69. The summed E-state index contributed by atoms with van der Waals surface area (Å²) < 4.78 is 23.3. The fourth-order valence-electron chi connectivity index (χ4n) is 2.75. The first-order valence-corrected chi connectivity index (χ1v) is 9.69. The van der Waals surface area contributed by atoms with Crippen LogP contribution < -0.4 is 15.4 Å². The van der Waals surface area contributed by atoms with E-state index in [0.29, 0.717) is 23.0 Å².